The molecule has 1 N–H and O–H groups in total. The monoisotopic (exact) mass is 333 g/mol. The normalized spacial score (nSPS) is 10.6. The third-order valence-electron chi connectivity index (χ3n) is 3.13. The highest BCUT2D eigenvalue weighted by Gasteiger charge is 2.15. The van der Waals surface area contributed by atoms with Crippen LogP contribution in [0.1, 0.15) is 35.0 Å². The van der Waals surface area contributed by atoms with Gasteiger partial charge >= 0.3 is 5.97 Å². The third-order valence-corrected chi connectivity index (χ3v) is 3.66. The summed E-state index contributed by atoms with van der Waals surface area (Å²) in [7, 11) is 0. The van der Waals surface area contributed by atoms with Crippen molar-refractivity contribution < 1.29 is 9.90 Å². The molecule has 2 aromatic rings. The van der Waals surface area contributed by atoms with E-state index >= 15 is 0 Å². The molecule has 1 aromatic heterocycles. The van der Waals surface area contributed by atoms with Gasteiger partial charge in [-0.2, -0.15) is 0 Å². The van der Waals surface area contributed by atoms with Crippen LogP contribution in [-0.4, -0.2) is 16.1 Å². The smallest absolute Gasteiger partial charge is 0.337 e. The number of aromatic nitrogens is 1. The van der Waals surface area contributed by atoms with Crippen LogP contribution in [0.15, 0.2) is 34.8 Å². The van der Waals surface area contributed by atoms with Crippen molar-refractivity contribution in [3.05, 3.63) is 51.6 Å². The molecule has 0 atom stereocenters. The molecular formula is C16H16BrNO2. The fourth-order valence-corrected chi connectivity index (χ4v) is 2.43. The first-order valence-electron chi connectivity index (χ1n) is 6.52. The summed E-state index contributed by atoms with van der Waals surface area (Å²) in [5.74, 6) is -0.911. The van der Waals surface area contributed by atoms with Crippen LogP contribution in [-0.2, 0) is 6.42 Å². The lowest BCUT2D eigenvalue weighted by molar-refractivity contribution is 0.0695. The van der Waals surface area contributed by atoms with Gasteiger partial charge in [-0.25, -0.2) is 4.79 Å². The van der Waals surface area contributed by atoms with Gasteiger partial charge in [0.2, 0.25) is 0 Å². The average Bonchev–Trinajstić information content (AvgIpc) is 2.41. The summed E-state index contributed by atoms with van der Waals surface area (Å²) in [5.41, 5.74) is 3.70. The molecular weight excluding hydrogens is 318 g/mol. The first-order chi connectivity index (χ1) is 9.52. The van der Waals surface area contributed by atoms with E-state index in [1.807, 2.05) is 38.1 Å². The second-order valence-corrected chi connectivity index (χ2v) is 5.63. The lowest BCUT2D eigenvalue weighted by Gasteiger charge is -2.11. The third kappa shape index (κ3) is 3.07. The van der Waals surface area contributed by atoms with Gasteiger partial charge in [-0.05, 0) is 37.1 Å². The summed E-state index contributed by atoms with van der Waals surface area (Å²) in [6.45, 7) is 3.92. The van der Waals surface area contributed by atoms with Crippen LogP contribution in [0.2, 0.25) is 0 Å². The van der Waals surface area contributed by atoms with E-state index in [2.05, 4.69) is 20.9 Å². The van der Waals surface area contributed by atoms with Gasteiger partial charge in [-0.3, -0.25) is 4.98 Å². The molecule has 1 heterocycles. The number of benzene rings is 1. The van der Waals surface area contributed by atoms with Gasteiger partial charge in [0.25, 0.3) is 0 Å². The van der Waals surface area contributed by atoms with E-state index in [1.165, 1.54) is 0 Å². The highest BCUT2D eigenvalue weighted by atomic mass is 79.9. The van der Waals surface area contributed by atoms with Crippen molar-refractivity contribution in [3.63, 3.8) is 0 Å². The standard InChI is InChI=1S/C16H16BrNO2/c1-3-4-14-13(16(19)20)9-10(2)15(18-14)11-5-7-12(17)8-6-11/h5-9H,3-4H2,1-2H3,(H,19,20). The van der Waals surface area contributed by atoms with Crippen LogP contribution in [0.3, 0.4) is 0 Å². The van der Waals surface area contributed by atoms with E-state index in [-0.39, 0.29) is 0 Å². The SMILES string of the molecule is CCCc1nc(-c2ccc(Br)cc2)c(C)cc1C(=O)O. The summed E-state index contributed by atoms with van der Waals surface area (Å²) < 4.78 is 1.01. The lowest BCUT2D eigenvalue weighted by atomic mass is 10.0. The molecule has 0 fully saturated rings. The molecule has 0 amide bonds. The first kappa shape index (κ1) is 14.7. The Morgan fingerprint density at radius 3 is 2.50 bits per heavy atom. The summed E-state index contributed by atoms with van der Waals surface area (Å²) in [5, 5.41) is 9.27. The van der Waals surface area contributed by atoms with Gasteiger partial charge in [-0.1, -0.05) is 41.4 Å². The molecule has 0 saturated carbocycles. The number of halogens is 1. The number of hydrogen-bond acceptors (Lipinski definition) is 2. The summed E-state index contributed by atoms with van der Waals surface area (Å²) >= 11 is 3.41. The molecule has 0 aliphatic heterocycles. The van der Waals surface area contributed by atoms with Crippen LogP contribution in [0, 0.1) is 6.92 Å². The number of pyridine rings is 1. The van der Waals surface area contributed by atoms with Gasteiger partial charge in [-0.15, -0.1) is 0 Å². The Hall–Kier alpha value is -1.68. The zero-order valence-electron chi connectivity index (χ0n) is 11.5. The Balaban J connectivity index is 2.56. The molecule has 4 heteroatoms. The Labute approximate surface area is 126 Å². The zero-order chi connectivity index (χ0) is 14.7. The molecule has 0 saturated heterocycles. The minimum atomic E-state index is -0.911. The minimum absolute atomic E-state index is 0.310. The molecule has 0 aliphatic carbocycles. The van der Waals surface area contributed by atoms with Crippen LogP contribution in [0.5, 0.6) is 0 Å². The minimum Gasteiger partial charge on any atom is -0.478 e. The summed E-state index contributed by atoms with van der Waals surface area (Å²) in [4.78, 5) is 15.9. The van der Waals surface area contributed by atoms with E-state index in [0.29, 0.717) is 17.7 Å². The number of nitrogens with zero attached hydrogens (tertiary/aromatic N) is 1. The predicted molar refractivity (Wildman–Crippen MR) is 83.1 cm³/mol. The van der Waals surface area contributed by atoms with Crippen molar-refractivity contribution in [3.8, 4) is 11.3 Å². The van der Waals surface area contributed by atoms with E-state index in [1.54, 1.807) is 6.07 Å². The van der Waals surface area contributed by atoms with Crippen molar-refractivity contribution in [2.24, 2.45) is 0 Å². The van der Waals surface area contributed by atoms with E-state index in [4.69, 9.17) is 0 Å². The number of hydrogen-bond donors (Lipinski definition) is 1. The van der Waals surface area contributed by atoms with E-state index in [9.17, 15) is 9.90 Å². The maximum atomic E-state index is 11.3. The quantitative estimate of drug-likeness (QED) is 0.897. The van der Waals surface area contributed by atoms with Gasteiger partial charge in [0.1, 0.15) is 0 Å². The van der Waals surface area contributed by atoms with E-state index < -0.39 is 5.97 Å². The van der Waals surface area contributed by atoms with Gasteiger partial charge in [0, 0.05) is 10.0 Å². The Morgan fingerprint density at radius 2 is 1.95 bits per heavy atom. The van der Waals surface area contributed by atoms with Gasteiger partial charge in [0.15, 0.2) is 0 Å². The Kier molecular flexibility index (Phi) is 4.55. The maximum absolute atomic E-state index is 11.3. The zero-order valence-corrected chi connectivity index (χ0v) is 13.1. The Bertz CT molecular complexity index is 636. The van der Waals surface area contributed by atoms with E-state index in [0.717, 1.165) is 27.7 Å². The summed E-state index contributed by atoms with van der Waals surface area (Å²) in [6, 6.07) is 9.60. The highest BCUT2D eigenvalue weighted by Crippen LogP contribution is 2.25. The number of carbonyl (C=O) groups is 1. The number of aryl methyl sites for hydroxylation is 2. The van der Waals surface area contributed by atoms with Crippen molar-refractivity contribution in [2.75, 3.05) is 0 Å². The maximum Gasteiger partial charge on any atom is 0.337 e. The molecule has 0 radical (unpaired) electrons. The van der Waals surface area contributed by atoms with Crippen molar-refractivity contribution >= 4 is 21.9 Å². The summed E-state index contributed by atoms with van der Waals surface area (Å²) in [6.07, 6.45) is 1.54. The van der Waals surface area contributed by atoms with Gasteiger partial charge < -0.3 is 5.11 Å². The van der Waals surface area contributed by atoms with Crippen molar-refractivity contribution in [1.82, 2.24) is 4.98 Å². The molecule has 104 valence electrons. The molecule has 0 spiro atoms. The second-order valence-electron chi connectivity index (χ2n) is 4.71. The Morgan fingerprint density at radius 1 is 1.30 bits per heavy atom. The molecule has 3 nitrogen and oxygen atoms in total. The predicted octanol–water partition coefficient (Wildman–Crippen LogP) is 4.47. The molecule has 0 bridgehead atoms. The lowest BCUT2D eigenvalue weighted by Crippen LogP contribution is -2.07. The topological polar surface area (TPSA) is 50.2 Å². The molecule has 0 aliphatic rings. The molecule has 0 unspecified atom stereocenters. The first-order valence-corrected chi connectivity index (χ1v) is 7.32. The second kappa shape index (κ2) is 6.18. The average molecular weight is 334 g/mol. The highest BCUT2D eigenvalue weighted by molar-refractivity contribution is 9.10. The van der Waals surface area contributed by atoms with Crippen LogP contribution >= 0.6 is 15.9 Å². The number of carboxylic acid groups (broad SMARTS) is 1. The fraction of sp³-hybridized carbons (Fsp3) is 0.250. The van der Waals surface area contributed by atoms with Crippen molar-refractivity contribution in [1.29, 1.82) is 0 Å². The van der Waals surface area contributed by atoms with Crippen LogP contribution in [0.25, 0.3) is 11.3 Å². The fourth-order valence-electron chi connectivity index (χ4n) is 2.16. The van der Waals surface area contributed by atoms with Crippen molar-refractivity contribution in [2.45, 2.75) is 26.7 Å². The van der Waals surface area contributed by atoms with Gasteiger partial charge in [0.05, 0.1) is 17.0 Å². The number of rotatable bonds is 4. The van der Waals surface area contributed by atoms with Crippen LogP contribution in [0.4, 0.5) is 0 Å². The molecule has 2 rings (SSSR count). The largest absolute Gasteiger partial charge is 0.478 e. The number of aromatic carboxylic acids is 1. The molecule has 20 heavy (non-hydrogen) atoms. The number of carboxylic acids is 1. The molecule has 1 aromatic carbocycles. The van der Waals surface area contributed by atoms with Crippen LogP contribution < -0.4 is 0 Å².